The van der Waals surface area contributed by atoms with Crippen molar-refractivity contribution in [3.63, 3.8) is 0 Å². The Balaban J connectivity index is 1.47. The minimum absolute atomic E-state index is 0.0667. The minimum atomic E-state index is -0.0667. The molecule has 0 amide bonds. The van der Waals surface area contributed by atoms with E-state index < -0.39 is 0 Å². The van der Waals surface area contributed by atoms with Gasteiger partial charge in [-0.1, -0.05) is 24.3 Å². The maximum atomic E-state index is 12.6. The number of nitrogens with zero attached hydrogens (tertiary/aromatic N) is 2. The number of fused-ring (bicyclic) bond motifs is 2. The van der Waals surface area contributed by atoms with Crippen LogP contribution in [0.2, 0.25) is 0 Å². The molecule has 0 atom stereocenters. The van der Waals surface area contributed by atoms with E-state index in [9.17, 15) is 4.79 Å². The number of piperazine rings is 1. The molecule has 5 nitrogen and oxygen atoms in total. The van der Waals surface area contributed by atoms with Crippen LogP contribution >= 0.6 is 0 Å². The van der Waals surface area contributed by atoms with Gasteiger partial charge in [0, 0.05) is 49.1 Å². The molecule has 2 aromatic heterocycles. The Morgan fingerprint density at radius 1 is 0.857 bits per heavy atom. The van der Waals surface area contributed by atoms with Gasteiger partial charge >= 0.3 is 0 Å². The summed E-state index contributed by atoms with van der Waals surface area (Å²) in [6, 6.07) is 18.5. The lowest BCUT2D eigenvalue weighted by Crippen LogP contribution is -2.43. The van der Waals surface area contributed by atoms with Gasteiger partial charge in [-0.15, -0.1) is 0 Å². The van der Waals surface area contributed by atoms with Gasteiger partial charge in [-0.3, -0.25) is 9.69 Å². The lowest BCUT2D eigenvalue weighted by atomic mass is 10.1. The number of aromatic nitrogens is 2. The van der Waals surface area contributed by atoms with Crippen molar-refractivity contribution in [2.45, 2.75) is 6.54 Å². The Hall–Kier alpha value is -2.89. The van der Waals surface area contributed by atoms with Crippen molar-refractivity contribution < 1.29 is 0 Å². The second-order valence-electron chi connectivity index (χ2n) is 7.78. The van der Waals surface area contributed by atoms with E-state index in [0.717, 1.165) is 60.2 Å². The van der Waals surface area contributed by atoms with Crippen LogP contribution in [0.15, 0.2) is 59.4 Å². The van der Waals surface area contributed by atoms with Gasteiger partial charge in [-0.05, 0) is 48.3 Å². The normalized spacial score (nSPS) is 16.2. The first-order valence-corrected chi connectivity index (χ1v) is 9.81. The Kier molecular flexibility index (Phi) is 4.26. The summed E-state index contributed by atoms with van der Waals surface area (Å²) < 4.78 is 0. The lowest BCUT2D eigenvalue weighted by Gasteiger charge is -2.32. The molecule has 2 aromatic carbocycles. The molecule has 5 heteroatoms. The zero-order chi connectivity index (χ0) is 19.1. The molecular formula is C23H24N4O. The molecule has 3 heterocycles. The van der Waals surface area contributed by atoms with E-state index in [1.807, 2.05) is 30.3 Å². The molecule has 142 valence electrons. The van der Waals surface area contributed by atoms with E-state index in [0.29, 0.717) is 5.56 Å². The second-order valence-corrected chi connectivity index (χ2v) is 7.78. The highest BCUT2D eigenvalue weighted by atomic mass is 16.1. The standard InChI is InChI=1S/C23H24N4O/c1-26-8-10-27(11-9-26)15-16-6-7-21-18(12-16)14-22(24-21)19-13-17-4-2-3-5-20(17)25-23(19)28/h2-7,12-14,24H,8-11,15H2,1H3,(H,25,28). The average molecular weight is 372 g/mol. The largest absolute Gasteiger partial charge is 0.354 e. The van der Waals surface area contributed by atoms with Gasteiger partial charge in [0.2, 0.25) is 0 Å². The highest BCUT2D eigenvalue weighted by Crippen LogP contribution is 2.25. The van der Waals surface area contributed by atoms with Crippen LogP contribution in [0, 0.1) is 0 Å². The minimum Gasteiger partial charge on any atom is -0.354 e. The quantitative estimate of drug-likeness (QED) is 0.579. The van der Waals surface area contributed by atoms with Crippen molar-refractivity contribution in [1.29, 1.82) is 0 Å². The van der Waals surface area contributed by atoms with Crippen molar-refractivity contribution in [1.82, 2.24) is 19.8 Å². The summed E-state index contributed by atoms with van der Waals surface area (Å²) in [4.78, 5) is 23.9. The summed E-state index contributed by atoms with van der Waals surface area (Å²) >= 11 is 0. The van der Waals surface area contributed by atoms with Crippen LogP contribution < -0.4 is 5.56 Å². The molecule has 0 aliphatic carbocycles. The number of aromatic amines is 2. The molecule has 1 aliphatic rings. The van der Waals surface area contributed by atoms with Crippen molar-refractivity contribution in [3.8, 4) is 11.3 Å². The molecule has 28 heavy (non-hydrogen) atoms. The Bertz CT molecular complexity index is 1200. The first-order chi connectivity index (χ1) is 13.7. The van der Waals surface area contributed by atoms with E-state index in [1.165, 1.54) is 5.56 Å². The topological polar surface area (TPSA) is 55.1 Å². The molecule has 5 rings (SSSR count). The van der Waals surface area contributed by atoms with E-state index in [2.05, 4.69) is 51.1 Å². The molecule has 0 bridgehead atoms. The molecule has 1 fully saturated rings. The summed E-state index contributed by atoms with van der Waals surface area (Å²) in [6.07, 6.45) is 0. The molecule has 0 radical (unpaired) electrons. The number of para-hydroxylation sites is 1. The van der Waals surface area contributed by atoms with Gasteiger partial charge in [-0.2, -0.15) is 0 Å². The maximum absolute atomic E-state index is 12.6. The maximum Gasteiger partial charge on any atom is 0.257 e. The van der Waals surface area contributed by atoms with Crippen molar-refractivity contribution in [3.05, 3.63) is 70.5 Å². The number of nitrogens with one attached hydrogen (secondary N) is 2. The highest BCUT2D eigenvalue weighted by Gasteiger charge is 2.14. The zero-order valence-electron chi connectivity index (χ0n) is 16.0. The predicted octanol–water partition coefficient (Wildman–Crippen LogP) is 3.42. The number of hydrogen-bond acceptors (Lipinski definition) is 3. The van der Waals surface area contributed by atoms with Gasteiger partial charge in [0.15, 0.2) is 0 Å². The van der Waals surface area contributed by atoms with Gasteiger partial charge in [0.25, 0.3) is 5.56 Å². The van der Waals surface area contributed by atoms with Gasteiger partial charge in [-0.25, -0.2) is 0 Å². The fourth-order valence-corrected chi connectivity index (χ4v) is 4.04. The van der Waals surface area contributed by atoms with E-state index in [-0.39, 0.29) is 5.56 Å². The number of likely N-dealkylation sites (N-methyl/N-ethyl adjacent to an activating group) is 1. The highest BCUT2D eigenvalue weighted by molar-refractivity contribution is 5.89. The molecule has 2 N–H and O–H groups in total. The molecule has 4 aromatic rings. The zero-order valence-corrected chi connectivity index (χ0v) is 16.0. The number of benzene rings is 2. The smallest absolute Gasteiger partial charge is 0.257 e. The SMILES string of the molecule is CN1CCN(Cc2ccc3[nH]c(-c4cc5ccccc5[nH]c4=O)cc3c2)CC1. The lowest BCUT2D eigenvalue weighted by molar-refractivity contribution is 0.148. The summed E-state index contributed by atoms with van der Waals surface area (Å²) in [7, 11) is 2.18. The van der Waals surface area contributed by atoms with Crippen LogP contribution in [-0.4, -0.2) is 53.0 Å². The molecule has 0 spiro atoms. The van der Waals surface area contributed by atoms with E-state index in [1.54, 1.807) is 0 Å². The third-order valence-corrected chi connectivity index (χ3v) is 5.73. The Morgan fingerprint density at radius 3 is 2.50 bits per heavy atom. The monoisotopic (exact) mass is 372 g/mol. The number of hydrogen-bond donors (Lipinski definition) is 2. The summed E-state index contributed by atoms with van der Waals surface area (Å²) in [5, 5.41) is 2.18. The van der Waals surface area contributed by atoms with Crippen molar-refractivity contribution >= 4 is 21.8 Å². The van der Waals surface area contributed by atoms with Gasteiger partial charge in [0.05, 0.1) is 11.3 Å². The number of pyridine rings is 1. The predicted molar refractivity (Wildman–Crippen MR) is 115 cm³/mol. The van der Waals surface area contributed by atoms with Crippen LogP contribution in [-0.2, 0) is 6.54 Å². The molecule has 1 saturated heterocycles. The van der Waals surface area contributed by atoms with Gasteiger partial charge in [0.1, 0.15) is 0 Å². The third-order valence-electron chi connectivity index (χ3n) is 5.73. The summed E-state index contributed by atoms with van der Waals surface area (Å²) in [5.41, 5.74) is 4.71. The van der Waals surface area contributed by atoms with Crippen LogP contribution in [0.4, 0.5) is 0 Å². The summed E-state index contributed by atoms with van der Waals surface area (Å²) in [6.45, 7) is 5.45. The first-order valence-electron chi connectivity index (χ1n) is 9.81. The number of rotatable bonds is 3. The molecule has 0 saturated carbocycles. The second kappa shape index (κ2) is 6.93. The van der Waals surface area contributed by atoms with Crippen molar-refractivity contribution in [2.75, 3.05) is 33.2 Å². The van der Waals surface area contributed by atoms with Crippen LogP contribution in [0.5, 0.6) is 0 Å². The molecule has 1 aliphatic heterocycles. The van der Waals surface area contributed by atoms with Crippen LogP contribution in [0.3, 0.4) is 0 Å². The third kappa shape index (κ3) is 3.23. The van der Waals surface area contributed by atoms with Crippen LogP contribution in [0.25, 0.3) is 33.1 Å². The Morgan fingerprint density at radius 2 is 1.64 bits per heavy atom. The average Bonchev–Trinajstić information content (AvgIpc) is 3.12. The summed E-state index contributed by atoms with van der Waals surface area (Å²) in [5.74, 6) is 0. The Labute approximate surface area is 163 Å². The molecule has 0 unspecified atom stereocenters. The number of H-pyrrole nitrogens is 2. The van der Waals surface area contributed by atoms with Crippen molar-refractivity contribution in [2.24, 2.45) is 0 Å². The van der Waals surface area contributed by atoms with E-state index in [4.69, 9.17) is 0 Å². The van der Waals surface area contributed by atoms with Gasteiger partial charge < -0.3 is 14.9 Å². The molecular weight excluding hydrogens is 348 g/mol. The van der Waals surface area contributed by atoms with E-state index >= 15 is 0 Å². The fourth-order valence-electron chi connectivity index (χ4n) is 4.04. The fraction of sp³-hybridized carbons (Fsp3) is 0.261. The first kappa shape index (κ1) is 17.2. The van der Waals surface area contributed by atoms with Crippen LogP contribution in [0.1, 0.15) is 5.56 Å².